The average Bonchev–Trinajstić information content (AvgIpc) is 2.60. The van der Waals surface area contributed by atoms with E-state index in [0.717, 1.165) is 34.2 Å². The van der Waals surface area contributed by atoms with Crippen molar-refractivity contribution in [2.24, 2.45) is 0 Å². The second kappa shape index (κ2) is 7.59. The standard InChI is InChI=1S/C20H19NO3/c22-20(23)10-4-6-15-5-3-9-19(11-15)24-14-18-12-16-7-1-2-8-17(16)13-21-18/h1-3,5,7-9,11-13H,4,6,10,14H2,(H,22,23). The lowest BCUT2D eigenvalue weighted by atomic mass is 10.1. The Morgan fingerprint density at radius 1 is 1.04 bits per heavy atom. The predicted octanol–water partition coefficient (Wildman–Crippen LogP) is 4.22. The summed E-state index contributed by atoms with van der Waals surface area (Å²) in [4.78, 5) is 15.0. The van der Waals surface area contributed by atoms with Crippen LogP contribution in [0.25, 0.3) is 10.8 Å². The SMILES string of the molecule is O=C(O)CCCc1cccc(OCc2cc3ccccc3cn2)c1. The van der Waals surface area contributed by atoms with Crippen LogP contribution in [-0.2, 0) is 17.8 Å². The van der Waals surface area contributed by atoms with Crippen molar-refractivity contribution in [1.82, 2.24) is 4.98 Å². The van der Waals surface area contributed by atoms with Gasteiger partial charge in [-0.3, -0.25) is 9.78 Å². The largest absolute Gasteiger partial charge is 0.487 e. The Kier molecular flexibility index (Phi) is 5.06. The molecule has 1 heterocycles. The van der Waals surface area contributed by atoms with Gasteiger partial charge in [0.25, 0.3) is 0 Å². The number of fused-ring (bicyclic) bond motifs is 1. The van der Waals surface area contributed by atoms with Gasteiger partial charge in [-0.15, -0.1) is 0 Å². The van der Waals surface area contributed by atoms with E-state index < -0.39 is 5.97 Å². The quantitative estimate of drug-likeness (QED) is 0.708. The Labute approximate surface area is 140 Å². The molecule has 0 spiro atoms. The number of carboxylic acids is 1. The number of carbonyl (C=O) groups is 1. The maximum Gasteiger partial charge on any atom is 0.303 e. The average molecular weight is 321 g/mol. The highest BCUT2D eigenvalue weighted by molar-refractivity contribution is 5.81. The zero-order chi connectivity index (χ0) is 16.8. The summed E-state index contributed by atoms with van der Waals surface area (Å²) in [6.07, 6.45) is 3.41. The summed E-state index contributed by atoms with van der Waals surface area (Å²) in [7, 11) is 0. The number of aliphatic carboxylic acids is 1. The van der Waals surface area contributed by atoms with Crippen LogP contribution in [0.2, 0.25) is 0 Å². The number of pyridine rings is 1. The van der Waals surface area contributed by atoms with Gasteiger partial charge in [0, 0.05) is 18.0 Å². The minimum absolute atomic E-state index is 0.187. The minimum atomic E-state index is -0.759. The number of ether oxygens (including phenoxy) is 1. The Morgan fingerprint density at radius 3 is 2.71 bits per heavy atom. The highest BCUT2D eigenvalue weighted by Crippen LogP contribution is 2.18. The van der Waals surface area contributed by atoms with E-state index in [1.807, 2.05) is 54.7 Å². The fourth-order valence-electron chi connectivity index (χ4n) is 2.60. The Hall–Kier alpha value is -2.88. The molecular formula is C20H19NO3. The molecule has 0 radical (unpaired) electrons. The lowest BCUT2D eigenvalue weighted by Gasteiger charge is -2.08. The van der Waals surface area contributed by atoms with Crippen LogP contribution in [0, 0.1) is 0 Å². The molecule has 0 unspecified atom stereocenters. The molecule has 0 aliphatic rings. The van der Waals surface area contributed by atoms with E-state index in [1.165, 1.54) is 0 Å². The first-order valence-electron chi connectivity index (χ1n) is 7.98. The fourth-order valence-corrected chi connectivity index (χ4v) is 2.60. The van der Waals surface area contributed by atoms with E-state index in [9.17, 15) is 4.79 Å². The summed E-state index contributed by atoms with van der Waals surface area (Å²) >= 11 is 0. The van der Waals surface area contributed by atoms with E-state index in [1.54, 1.807) is 0 Å². The summed E-state index contributed by atoms with van der Waals surface area (Å²) in [5, 5.41) is 11.0. The first kappa shape index (κ1) is 16.0. The smallest absolute Gasteiger partial charge is 0.303 e. The van der Waals surface area contributed by atoms with Crippen LogP contribution in [0.5, 0.6) is 5.75 Å². The highest BCUT2D eigenvalue weighted by atomic mass is 16.5. The highest BCUT2D eigenvalue weighted by Gasteiger charge is 2.02. The molecule has 2 aromatic carbocycles. The van der Waals surface area contributed by atoms with Crippen molar-refractivity contribution in [2.75, 3.05) is 0 Å². The van der Waals surface area contributed by atoms with E-state index in [2.05, 4.69) is 11.1 Å². The molecule has 0 aliphatic carbocycles. The van der Waals surface area contributed by atoms with Crippen molar-refractivity contribution < 1.29 is 14.6 Å². The number of hydrogen-bond acceptors (Lipinski definition) is 3. The molecule has 3 rings (SSSR count). The second-order valence-corrected chi connectivity index (χ2v) is 5.71. The zero-order valence-electron chi connectivity index (χ0n) is 13.3. The van der Waals surface area contributed by atoms with Gasteiger partial charge in [-0.05, 0) is 42.0 Å². The summed E-state index contributed by atoms with van der Waals surface area (Å²) in [6.45, 7) is 0.406. The van der Waals surface area contributed by atoms with E-state index in [-0.39, 0.29) is 6.42 Å². The molecule has 0 amide bonds. The van der Waals surface area contributed by atoms with Crippen LogP contribution in [0.4, 0.5) is 0 Å². The number of benzene rings is 2. The van der Waals surface area contributed by atoms with Gasteiger partial charge in [-0.25, -0.2) is 0 Å². The zero-order valence-corrected chi connectivity index (χ0v) is 13.3. The van der Waals surface area contributed by atoms with Crippen LogP contribution in [0.3, 0.4) is 0 Å². The topological polar surface area (TPSA) is 59.4 Å². The molecule has 122 valence electrons. The molecule has 1 N–H and O–H groups in total. The summed E-state index contributed by atoms with van der Waals surface area (Å²) in [5.41, 5.74) is 1.96. The second-order valence-electron chi connectivity index (χ2n) is 5.71. The third kappa shape index (κ3) is 4.32. The maximum atomic E-state index is 10.6. The summed E-state index contributed by atoms with van der Waals surface area (Å²) in [6, 6.07) is 17.9. The van der Waals surface area contributed by atoms with Gasteiger partial charge in [0.1, 0.15) is 12.4 Å². The van der Waals surface area contributed by atoms with Crippen molar-refractivity contribution in [3.05, 3.63) is 72.1 Å². The molecular weight excluding hydrogens is 302 g/mol. The third-order valence-corrected chi connectivity index (χ3v) is 3.83. The minimum Gasteiger partial charge on any atom is -0.487 e. The molecule has 0 saturated carbocycles. The number of carboxylic acid groups (broad SMARTS) is 1. The van der Waals surface area contributed by atoms with E-state index >= 15 is 0 Å². The summed E-state index contributed by atoms with van der Waals surface area (Å²) in [5.74, 6) is 0.0163. The molecule has 24 heavy (non-hydrogen) atoms. The first-order chi connectivity index (χ1) is 11.7. The molecule has 4 nitrogen and oxygen atoms in total. The van der Waals surface area contributed by atoms with Crippen LogP contribution < -0.4 is 4.74 Å². The normalized spacial score (nSPS) is 10.7. The van der Waals surface area contributed by atoms with E-state index in [0.29, 0.717) is 13.0 Å². The molecule has 3 aromatic rings. The first-order valence-corrected chi connectivity index (χ1v) is 7.98. The number of aromatic nitrogens is 1. The molecule has 0 fully saturated rings. The Morgan fingerprint density at radius 2 is 1.88 bits per heavy atom. The van der Waals surface area contributed by atoms with Gasteiger partial charge >= 0.3 is 5.97 Å². The van der Waals surface area contributed by atoms with Crippen molar-refractivity contribution in [1.29, 1.82) is 0 Å². The van der Waals surface area contributed by atoms with Gasteiger partial charge in [0.15, 0.2) is 0 Å². The van der Waals surface area contributed by atoms with E-state index in [4.69, 9.17) is 9.84 Å². The fraction of sp³-hybridized carbons (Fsp3) is 0.200. The van der Waals surface area contributed by atoms with Crippen LogP contribution in [-0.4, -0.2) is 16.1 Å². The number of rotatable bonds is 7. The van der Waals surface area contributed by atoms with Crippen LogP contribution in [0.15, 0.2) is 60.8 Å². The van der Waals surface area contributed by atoms with Gasteiger partial charge < -0.3 is 9.84 Å². The molecule has 0 atom stereocenters. The van der Waals surface area contributed by atoms with Gasteiger partial charge in [-0.1, -0.05) is 36.4 Å². The summed E-state index contributed by atoms with van der Waals surface area (Å²) < 4.78 is 5.83. The predicted molar refractivity (Wildman–Crippen MR) is 93.1 cm³/mol. The Balaban J connectivity index is 1.61. The van der Waals surface area contributed by atoms with Gasteiger partial charge in [-0.2, -0.15) is 0 Å². The van der Waals surface area contributed by atoms with Crippen molar-refractivity contribution in [2.45, 2.75) is 25.9 Å². The molecule has 0 saturated heterocycles. The molecule has 0 aliphatic heterocycles. The Bertz CT molecular complexity index is 845. The third-order valence-electron chi connectivity index (χ3n) is 3.83. The maximum absolute atomic E-state index is 10.6. The van der Waals surface area contributed by atoms with Gasteiger partial charge in [0.2, 0.25) is 0 Å². The number of aryl methyl sites for hydroxylation is 1. The lowest BCUT2D eigenvalue weighted by Crippen LogP contribution is -1.99. The lowest BCUT2D eigenvalue weighted by molar-refractivity contribution is -0.137. The number of hydrogen-bond donors (Lipinski definition) is 1. The van der Waals surface area contributed by atoms with Gasteiger partial charge in [0.05, 0.1) is 5.69 Å². The van der Waals surface area contributed by atoms with Crippen molar-refractivity contribution in [3.8, 4) is 5.75 Å². The van der Waals surface area contributed by atoms with Crippen molar-refractivity contribution in [3.63, 3.8) is 0 Å². The molecule has 0 bridgehead atoms. The molecule has 1 aromatic heterocycles. The van der Waals surface area contributed by atoms with Crippen molar-refractivity contribution >= 4 is 16.7 Å². The van der Waals surface area contributed by atoms with Crippen LogP contribution in [0.1, 0.15) is 24.1 Å². The van der Waals surface area contributed by atoms with Crippen LogP contribution >= 0.6 is 0 Å². The number of nitrogens with zero attached hydrogens (tertiary/aromatic N) is 1. The monoisotopic (exact) mass is 321 g/mol. The molecule has 4 heteroatoms.